The van der Waals surface area contributed by atoms with Crippen molar-refractivity contribution in [3.8, 4) is 5.75 Å². The lowest BCUT2D eigenvalue weighted by molar-refractivity contribution is 0.0975. The molecule has 26 heavy (non-hydrogen) atoms. The molecule has 1 aliphatic carbocycles. The summed E-state index contributed by atoms with van der Waals surface area (Å²) in [5, 5.41) is 0.412. The van der Waals surface area contributed by atoms with Crippen LogP contribution in [-0.4, -0.2) is 11.6 Å². The van der Waals surface area contributed by atoms with Gasteiger partial charge in [-0.1, -0.05) is 65.7 Å². The number of rotatable bonds is 3. The summed E-state index contributed by atoms with van der Waals surface area (Å²) in [4.78, 5) is 26.0. The van der Waals surface area contributed by atoms with Crippen molar-refractivity contribution in [1.82, 2.24) is 0 Å². The van der Waals surface area contributed by atoms with Gasteiger partial charge in [0, 0.05) is 5.56 Å². The molecule has 3 aromatic rings. The fourth-order valence-corrected chi connectivity index (χ4v) is 3.55. The highest BCUT2D eigenvalue weighted by molar-refractivity contribution is 6.43. The van der Waals surface area contributed by atoms with E-state index in [1.54, 1.807) is 18.2 Å². The second kappa shape index (κ2) is 6.60. The Hall–Kier alpha value is -2.62. The van der Waals surface area contributed by atoms with Crippen LogP contribution in [0.5, 0.6) is 5.75 Å². The Balaban J connectivity index is 1.80. The second-order valence-electron chi connectivity index (χ2n) is 5.89. The minimum atomic E-state index is -0.356. The lowest BCUT2D eigenvalue weighted by Gasteiger charge is -2.21. The molecule has 0 amide bonds. The van der Waals surface area contributed by atoms with Crippen LogP contribution in [0, 0.1) is 0 Å². The summed E-state index contributed by atoms with van der Waals surface area (Å²) in [5.41, 5.74) is 1.74. The third-order valence-electron chi connectivity index (χ3n) is 4.29. The fourth-order valence-electron chi connectivity index (χ4n) is 3.07. The summed E-state index contributed by atoms with van der Waals surface area (Å²) in [6, 6.07) is 17.6. The molecule has 0 unspecified atom stereocenters. The van der Waals surface area contributed by atoms with E-state index in [1.807, 2.05) is 30.3 Å². The molecule has 0 aromatic heterocycles. The molecule has 0 bridgehead atoms. The molecule has 4 rings (SSSR count). The van der Waals surface area contributed by atoms with Crippen molar-refractivity contribution in [1.29, 1.82) is 0 Å². The van der Waals surface area contributed by atoms with E-state index in [0.717, 1.165) is 5.56 Å². The van der Waals surface area contributed by atoms with Gasteiger partial charge in [0.1, 0.15) is 12.4 Å². The Morgan fingerprint density at radius 3 is 2.04 bits per heavy atom. The normalized spacial score (nSPS) is 12.5. The van der Waals surface area contributed by atoms with Crippen molar-refractivity contribution in [2.24, 2.45) is 0 Å². The molecule has 0 radical (unpaired) electrons. The zero-order valence-electron chi connectivity index (χ0n) is 13.5. The highest BCUT2D eigenvalue weighted by atomic mass is 35.5. The molecule has 0 aliphatic heterocycles. The first-order valence-corrected chi connectivity index (χ1v) is 8.70. The van der Waals surface area contributed by atoms with Gasteiger partial charge in [-0.3, -0.25) is 9.59 Å². The van der Waals surface area contributed by atoms with Crippen molar-refractivity contribution < 1.29 is 14.3 Å². The molecule has 128 valence electrons. The third kappa shape index (κ3) is 2.70. The summed E-state index contributed by atoms with van der Waals surface area (Å²) < 4.78 is 5.85. The van der Waals surface area contributed by atoms with E-state index in [4.69, 9.17) is 27.9 Å². The van der Waals surface area contributed by atoms with E-state index in [1.165, 1.54) is 12.1 Å². The largest absolute Gasteiger partial charge is 0.488 e. The first-order chi connectivity index (χ1) is 12.6. The smallest absolute Gasteiger partial charge is 0.199 e. The van der Waals surface area contributed by atoms with E-state index >= 15 is 0 Å². The topological polar surface area (TPSA) is 43.4 Å². The van der Waals surface area contributed by atoms with Crippen molar-refractivity contribution in [2.75, 3.05) is 0 Å². The highest BCUT2D eigenvalue weighted by Crippen LogP contribution is 2.39. The van der Waals surface area contributed by atoms with Gasteiger partial charge in [0.15, 0.2) is 11.6 Å². The molecule has 0 heterocycles. The minimum absolute atomic E-state index is 0.132. The van der Waals surface area contributed by atoms with Crippen LogP contribution in [0.4, 0.5) is 0 Å². The van der Waals surface area contributed by atoms with Gasteiger partial charge in [-0.05, 0) is 23.8 Å². The van der Waals surface area contributed by atoms with Crippen LogP contribution in [0.3, 0.4) is 0 Å². The number of carbonyl (C=O) groups excluding carboxylic acids is 2. The lowest BCUT2D eigenvalue weighted by Crippen LogP contribution is -2.22. The van der Waals surface area contributed by atoms with Crippen molar-refractivity contribution in [3.63, 3.8) is 0 Å². The van der Waals surface area contributed by atoms with Gasteiger partial charge < -0.3 is 4.74 Å². The molecule has 0 fully saturated rings. The van der Waals surface area contributed by atoms with Crippen LogP contribution in [0.25, 0.3) is 0 Å². The molecule has 0 atom stereocenters. The van der Waals surface area contributed by atoms with Gasteiger partial charge in [0.2, 0.25) is 0 Å². The highest BCUT2D eigenvalue weighted by Gasteiger charge is 2.35. The second-order valence-corrected chi connectivity index (χ2v) is 6.70. The maximum absolute atomic E-state index is 13.1. The van der Waals surface area contributed by atoms with Crippen LogP contribution in [0.15, 0.2) is 60.7 Å². The van der Waals surface area contributed by atoms with Crippen LogP contribution in [0.1, 0.15) is 37.4 Å². The number of ketones is 2. The average Bonchev–Trinajstić information content (AvgIpc) is 2.66. The SMILES string of the molecule is O=C1c2cccc(OCc3ccccc3)c2C(=O)c2c(Cl)ccc(Cl)c21. The number of hydrogen-bond acceptors (Lipinski definition) is 3. The first-order valence-electron chi connectivity index (χ1n) is 7.95. The number of fused-ring (bicyclic) bond motifs is 2. The molecular weight excluding hydrogens is 371 g/mol. The molecule has 5 heteroatoms. The monoisotopic (exact) mass is 382 g/mol. The number of carbonyl (C=O) groups is 2. The number of halogens is 2. The minimum Gasteiger partial charge on any atom is -0.488 e. The quantitative estimate of drug-likeness (QED) is 0.479. The van der Waals surface area contributed by atoms with E-state index in [-0.39, 0.29) is 50.5 Å². The standard InChI is InChI=1S/C21H12Cl2O3/c22-14-9-10-15(23)19-18(14)20(24)13-7-4-8-16(17(13)21(19)25)26-11-12-5-2-1-3-6-12/h1-10H,11H2. The molecule has 3 aromatic carbocycles. The zero-order chi connectivity index (χ0) is 18.3. The van der Waals surface area contributed by atoms with Crippen molar-refractivity contribution >= 4 is 34.8 Å². The summed E-state index contributed by atoms with van der Waals surface area (Å²) in [6.07, 6.45) is 0. The van der Waals surface area contributed by atoms with Crippen molar-refractivity contribution in [2.45, 2.75) is 6.61 Å². The van der Waals surface area contributed by atoms with E-state index < -0.39 is 0 Å². The molecule has 0 N–H and O–H groups in total. The molecule has 1 aliphatic rings. The Labute approximate surface area is 160 Å². The summed E-state index contributed by atoms with van der Waals surface area (Å²) in [7, 11) is 0. The number of benzene rings is 3. The summed E-state index contributed by atoms with van der Waals surface area (Å²) in [6.45, 7) is 0.287. The Morgan fingerprint density at radius 2 is 1.35 bits per heavy atom. The van der Waals surface area contributed by atoms with E-state index in [0.29, 0.717) is 5.75 Å². The van der Waals surface area contributed by atoms with Gasteiger partial charge in [0.05, 0.1) is 26.7 Å². The van der Waals surface area contributed by atoms with Gasteiger partial charge in [-0.2, -0.15) is 0 Å². The van der Waals surface area contributed by atoms with Crippen LogP contribution < -0.4 is 4.74 Å². The average molecular weight is 383 g/mol. The fraction of sp³-hybridized carbons (Fsp3) is 0.0476. The predicted molar refractivity (Wildman–Crippen MR) is 101 cm³/mol. The zero-order valence-corrected chi connectivity index (χ0v) is 15.0. The van der Waals surface area contributed by atoms with Crippen LogP contribution >= 0.6 is 23.2 Å². The summed E-state index contributed by atoms with van der Waals surface area (Å²) >= 11 is 12.4. The number of hydrogen-bond donors (Lipinski definition) is 0. The van der Waals surface area contributed by atoms with Gasteiger partial charge >= 0.3 is 0 Å². The summed E-state index contributed by atoms with van der Waals surface area (Å²) in [5.74, 6) is -0.329. The Bertz CT molecular complexity index is 1040. The predicted octanol–water partition coefficient (Wildman–Crippen LogP) is 5.35. The van der Waals surface area contributed by atoms with Crippen LogP contribution in [-0.2, 0) is 6.61 Å². The maximum atomic E-state index is 13.1. The third-order valence-corrected chi connectivity index (χ3v) is 4.92. The lowest BCUT2D eigenvalue weighted by atomic mass is 9.83. The Kier molecular flexibility index (Phi) is 4.27. The van der Waals surface area contributed by atoms with Crippen molar-refractivity contribution in [3.05, 3.63) is 98.5 Å². The molecule has 0 saturated heterocycles. The van der Waals surface area contributed by atoms with E-state index in [2.05, 4.69) is 0 Å². The molecule has 0 spiro atoms. The maximum Gasteiger partial charge on any atom is 0.199 e. The van der Waals surface area contributed by atoms with Gasteiger partial charge in [-0.25, -0.2) is 0 Å². The molecular formula is C21H12Cl2O3. The Morgan fingerprint density at radius 1 is 0.692 bits per heavy atom. The molecule has 0 saturated carbocycles. The first kappa shape index (κ1) is 16.8. The molecule has 3 nitrogen and oxygen atoms in total. The van der Waals surface area contributed by atoms with E-state index in [9.17, 15) is 9.59 Å². The van der Waals surface area contributed by atoms with Gasteiger partial charge in [0.25, 0.3) is 0 Å². The number of ether oxygens (including phenoxy) is 1. The van der Waals surface area contributed by atoms with Gasteiger partial charge in [-0.15, -0.1) is 0 Å². The van der Waals surface area contributed by atoms with Crippen LogP contribution in [0.2, 0.25) is 10.0 Å².